The fourth-order valence-corrected chi connectivity index (χ4v) is 2.45. The third-order valence-corrected chi connectivity index (χ3v) is 3.24. The maximum absolute atomic E-state index is 8.74. The van der Waals surface area contributed by atoms with Crippen LogP contribution in [0.25, 0.3) is 0 Å². The Bertz CT molecular complexity index is 510. The number of rotatable bonds is 0. The zero-order valence-corrected chi connectivity index (χ0v) is 11.8. The number of aryl methyl sites for hydroxylation is 2. The van der Waals surface area contributed by atoms with Gasteiger partial charge in [0.25, 0.3) is 0 Å². The van der Waals surface area contributed by atoms with Crippen LogP contribution in [0.15, 0.2) is 18.2 Å². The minimum Gasteiger partial charge on any atom is -0.264 e. The molecule has 0 unspecified atom stereocenters. The summed E-state index contributed by atoms with van der Waals surface area (Å²) in [5.74, 6) is 0. The van der Waals surface area contributed by atoms with E-state index in [0.29, 0.717) is 5.41 Å². The summed E-state index contributed by atoms with van der Waals surface area (Å²) in [6.45, 7) is 6.91. The van der Waals surface area contributed by atoms with Crippen molar-refractivity contribution in [1.29, 1.82) is 0 Å². The molecule has 0 radical (unpaired) electrons. The van der Waals surface area contributed by atoms with Gasteiger partial charge in [-0.3, -0.25) is 9.11 Å². The fourth-order valence-electron chi connectivity index (χ4n) is 2.45. The zero-order valence-electron chi connectivity index (χ0n) is 11.0. The molecule has 0 bridgehead atoms. The van der Waals surface area contributed by atoms with Crippen molar-refractivity contribution in [3.8, 4) is 0 Å². The van der Waals surface area contributed by atoms with Crippen LogP contribution in [-0.4, -0.2) is 17.5 Å². The van der Waals surface area contributed by atoms with Gasteiger partial charge in [-0.25, -0.2) is 0 Å². The van der Waals surface area contributed by atoms with Gasteiger partial charge in [0, 0.05) is 0 Å². The number of fused-ring (bicyclic) bond motifs is 1. The molecule has 0 spiro atoms. The third-order valence-electron chi connectivity index (χ3n) is 3.24. The van der Waals surface area contributed by atoms with E-state index in [1.165, 1.54) is 24.8 Å². The van der Waals surface area contributed by atoms with Crippen LogP contribution in [0.5, 0.6) is 0 Å². The van der Waals surface area contributed by atoms with Gasteiger partial charge in [0.2, 0.25) is 0 Å². The Morgan fingerprint density at radius 1 is 1.22 bits per heavy atom. The molecule has 1 aromatic carbocycles. The highest BCUT2D eigenvalue weighted by molar-refractivity contribution is 7.79. The van der Waals surface area contributed by atoms with Crippen LogP contribution >= 0.6 is 0 Å². The molecule has 4 nitrogen and oxygen atoms in total. The molecule has 0 atom stereocenters. The maximum Gasteiger partial charge on any atom is 0.394 e. The molecule has 1 aliphatic carbocycles. The highest BCUT2D eigenvalue weighted by Crippen LogP contribution is 2.36. The van der Waals surface area contributed by atoms with E-state index in [4.69, 9.17) is 17.5 Å². The molecule has 5 heteroatoms. The molecule has 0 heterocycles. The molecular formula is C13H20O4S. The van der Waals surface area contributed by atoms with Crippen LogP contribution in [0.2, 0.25) is 0 Å². The molecule has 2 N–H and O–H groups in total. The SMILES string of the molecule is Cc1ccc2c(c1)CCCC2(C)C.O=S(=O)(O)O. The monoisotopic (exact) mass is 272 g/mol. The van der Waals surface area contributed by atoms with Gasteiger partial charge in [-0.15, -0.1) is 0 Å². The van der Waals surface area contributed by atoms with E-state index >= 15 is 0 Å². The minimum atomic E-state index is -4.67. The van der Waals surface area contributed by atoms with Crippen molar-refractivity contribution in [2.45, 2.75) is 45.4 Å². The highest BCUT2D eigenvalue weighted by Gasteiger charge is 2.26. The Balaban J connectivity index is 0.000000280. The lowest BCUT2D eigenvalue weighted by Gasteiger charge is -2.32. The van der Waals surface area contributed by atoms with Gasteiger partial charge in [0.15, 0.2) is 0 Å². The topological polar surface area (TPSA) is 74.6 Å². The standard InChI is InChI=1S/C13H18.H2O4S/c1-10-6-7-12-11(9-10)5-4-8-13(12,2)3;1-5(2,3)4/h6-7,9H,4-5,8H2,1-3H3;(H2,1,2,3,4). The van der Waals surface area contributed by atoms with E-state index in [1.54, 1.807) is 11.1 Å². The second-order valence-corrected chi connectivity index (χ2v) is 6.24. The normalized spacial score (nSPS) is 17.4. The summed E-state index contributed by atoms with van der Waals surface area (Å²) in [6, 6.07) is 6.92. The summed E-state index contributed by atoms with van der Waals surface area (Å²) in [5.41, 5.74) is 4.96. The molecule has 0 fully saturated rings. The van der Waals surface area contributed by atoms with Crippen molar-refractivity contribution >= 4 is 10.4 Å². The number of hydrogen-bond donors (Lipinski definition) is 2. The van der Waals surface area contributed by atoms with Crippen LogP contribution in [0.1, 0.15) is 43.4 Å². The molecule has 18 heavy (non-hydrogen) atoms. The Kier molecular flexibility index (Phi) is 4.53. The van der Waals surface area contributed by atoms with Crippen LogP contribution < -0.4 is 0 Å². The highest BCUT2D eigenvalue weighted by atomic mass is 32.3. The van der Waals surface area contributed by atoms with Gasteiger partial charge in [0.1, 0.15) is 0 Å². The van der Waals surface area contributed by atoms with Crippen molar-refractivity contribution < 1.29 is 17.5 Å². The van der Waals surface area contributed by atoms with E-state index in [2.05, 4.69) is 39.0 Å². The van der Waals surface area contributed by atoms with Crippen LogP contribution in [0.3, 0.4) is 0 Å². The second kappa shape index (κ2) is 5.38. The van der Waals surface area contributed by atoms with Gasteiger partial charge < -0.3 is 0 Å². The van der Waals surface area contributed by atoms with Crippen molar-refractivity contribution in [2.24, 2.45) is 0 Å². The van der Waals surface area contributed by atoms with E-state index < -0.39 is 10.4 Å². The van der Waals surface area contributed by atoms with E-state index in [0.717, 1.165) is 0 Å². The molecule has 102 valence electrons. The smallest absolute Gasteiger partial charge is 0.264 e. The molecular weight excluding hydrogens is 252 g/mol. The summed E-state index contributed by atoms with van der Waals surface area (Å²) in [5, 5.41) is 0. The summed E-state index contributed by atoms with van der Waals surface area (Å²) in [7, 11) is -4.67. The lowest BCUT2D eigenvalue weighted by molar-refractivity contribution is 0.381. The first-order chi connectivity index (χ1) is 8.09. The summed E-state index contributed by atoms with van der Waals surface area (Å²) in [6.07, 6.45) is 3.97. The van der Waals surface area contributed by atoms with Crippen LogP contribution in [-0.2, 0) is 22.2 Å². The predicted molar refractivity (Wildman–Crippen MR) is 71.3 cm³/mol. The summed E-state index contributed by atoms with van der Waals surface area (Å²) < 4.78 is 31.6. The molecule has 0 aromatic heterocycles. The van der Waals surface area contributed by atoms with Crippen molar-refractivity contribution in [3.05, 3.63) is 34.9 Å². The Labute approximate surface area is 109 Å². The molecule has 1 aromatic rings. The lowest BCUT2D eigenvalue weighted by Crippen LogP contribution is -2.23. The van der Waals surface area contributed by atoms with E-state index in [1.807, 2.05) is 0 Å². The molecule has 0 aliphatic heterocycles. The van der Waals surface area contributed by atoms with E-state index in [-0.39, 0.29) is 0 Å². The minimum absolute atomic E-state index is 0.404. The van der Waals surface area contributed by atoms with Gasteiger partial charge in [-0.1, -0.05) is 37.6 Å². The fraction of sp³-hybridized carbons (Fsp3) is 0.538. The largest absolute Gasteiger partial charge is 0.394 e. The van der Waals surface area contributed by atoms with E-state index in [9.17, 15) is 0 Å². The first-order valence-corrected chi connectivity index (χ1v) is 7.29. The second-order valence-electron chi connectivity index (χ2n) is 5.35. The van der Waals surface area contributed by atoms with Crippen molar-refractivity contribution in [2.75, 3.05) is 0 Å². The average Bonchev–Trinajstić information content (AvgIpc) is 2.13. The molecule has 0 saturated carbocycles. The summed E-state index contributed by atoms with van der Waals surface area (Å²) in [4.78, 5) is 0. The maximum atomic E-state index is 8.74. The van der Waals surface area contributed by atoms with Crippen molar-refractivity contribution in [1.82, 2.24) is 0 Å². The zero-order chi connectivity index (χ0) is 14.0. The first kappa shape index (κ1) is 15.1. The predicted octanol–water partition coefficient (Wildman–Crippen LogP) is 2.96. The Hall–Kier alpha value is -0.910. The average molecular weight is 272 g/mol. The molecule has 1 aliphatic rings. The quantitative estimate of drug-likeness (QED) is 0.712. The number of benzene rings is 1. The third kappa shape index (κ3) is 4.76. The molecule has 0 saturated heterocycles. The van der Waals surface area contributed by atoms with Crippen LogP contribution in [0.4, 0.5) is 0 Å². The molecule has 2 rings (SSSR count). The Morgan fingerprint density at radius 3 is 2.33 bits per heavy atom. The first-order valence-electron chi connectivity index (χ1n) is 5.89. The van der Waals surface area contributed by atoms with Crippen molar-refractivity contribution in [3.63, 3.8) is 0 Å². The lowest BCUT2D eigenvalue weighted by atomic mass is 9.72. The molecule has 0 amide bonds. The van der Waals surface area contributed by atoms with Gasteiger partial charge in [0.05, 0.1) is 0 Å². The van der Waals surface area contributed by atoms with Gasteiger partial charge >= 0.3 is 10.4 Å². The van der Waals surface area contributed by atoms with Gasteiger partial charge in [-0.05, 0) is 42.7 Å². The Morgan fingerprint density at radius 2 is 1.78 bits per heavy atom. The van der Waals surface area contributed by atoms with Gasteiger partial charge in [-0.2, -0.15) is 8.42 Å². The number of hydrogen-bond acceptors (Lipinski definition) is 2. The van der Waals surface area contributed by atoms with Crippen LogP contribution in [0, 0.1) is 6.92 Å². The summed E-state index contributed by atoms with van der Waals surface area (Å²) >= 11 is 0.